The van der Waals surface area contributed by atoms with Crippen LogP contribution >= 0.6 is 0 Å². The molecule has 2 unspecified atom stereocenters. The molecule has 4 nitrogen and oxygen atoms in total. The third-order valence-electron chi connectivity index (χ3n) is 3.66. The van der Waals surface area contributed by atoms with Crippen LogP contribution in [0, 0.1) is 0 Å². The fourth-order valence-corrected chi connectivity index (χ4v) is 4.17. The van der Waals surface area contributed by atoms with Crippen molar-refractivity contribution in [2.45, 2.75) is 31.2 Å². The molecule has 1 fully saturated rings. The molecule has 0 saturated carbocycles. The quantitative estimate of drug-likeness (QED) is 0.881. The van der Waals surface area contributed by atoms with Crippen molar-refractivity contribution in [1.29, 1.82) is 0 Å². The van der Waals surface area contributed by atoms with Gasteiger partial charge in [-0.25, -0.2) is 8.42 Å². The van der Waals surface area contributed by atoms with Gasteiger partial charge in [0.2, 0.25) is 0 Å². The average molecular weight is 337 g/mol. The molecular formula is C14H18F3NO3S. The van der Waals surface area contributed by atoms with Gasteiger partial charge in [-0.05, 0) is 30.5 Å². The van der Waals surface area contributed by atoms with Crippen LogP contribution in [0.4, 0.5) is 13.2 Å². The molecule has 0 spiro atoms. The minimum absolute atomic E-state index is 0.00229. The first kappa shape index (κ1) is 17.2. The maximum Gasteiger partial charge on any atom is 0.416 e. The van der Waals surface area contributed by atoms with Gasteiger partial charge in [0.1, 0.15) is 0 Å². The molecule has 1 aliphatic rings. The first-order valence-electron chi connectivity index (χ1n) is 6.96. The van der Waals surface area contributed by atoms with Gasteiger partial charge in [-0.1, -0.05) is 12.1 Å². The second-order valence-corrected chi connectivity index (χ2v) is 7.73. The molecule has 1 heterocycles. The largest absolute Gasteiger partial charge is 0.416 e. The van der Waals surface area contributed by atoms with E-state index in [4.69, 9.17) is 0 Å². The van der Waals surface area contributed by atoms with Crippen molar-refractivity contribution in [2.75, 3.05) is 18.1 Å². The van der Waals surface area contributed by atoms with Crippen molar-refractivity contribution in [3.05, 3.63) is 35.4 Å². The van der Waals surface area contributed by atoms with E-state index in [0.29, 0.717) is 12.8 Å². The molecule has 2 rings (SSSR count). The van der Waals surface area contributed by atoms with Gasteiger partial charge in [0.05, 0.1) is 23.2 Å². The number of nitrogens with one attached hydrogen (secondary N) is 1. The summed E-state index contributed by atoms with van der Waals surface area (Å²) in [7, 11) is -3.06. The van der Waals surface area contributed by atoms with Crippen molar-refractivity contribution in [2.24, 2.45) is 0 Å². The molecule has 1 saturated heterocycles. The Kier molecular flexibility index (Phi) is 5.14. The van der Waals surface area contributed by atoms with Gasteiger partial charge in [-0.2, -0.15) is 13.2 Å². The summed E-state index contributed by atoms with van der Waals surface area (Å²) >= 11 is 0. The van der Waals surface area contributed by atoms with Crippen molar-refractivity contribution < 1.29 is 26.7 Å². The Morgan fingerprint density at radius 3 is 2.73 bits per heavy atom. The lowest BCUT2D eigenvalue weighted by Crippen LogP contribution is -2.41. The highest BCUT2D eigenvalue weighted by Gasteiger charge is 2.31. The number of aliphatic hydroxyl groups is 1. The van der Waals surface area contributed by atoms with Gasteiger partial charge in [0.15, 0.2) is 9.84 Å². The Bertz CT molecular complexity index is 616. The highest BCUT2D eigenvalue weighted by molar-refractivity contribution is 7.91. The average Bonchev–Trinajstić information content (AvgIpc) is 2.43. The molecule has 0 aromatic heterocycles. The minimum atomic E-state index is -4.46. The van der Waals surface area contributed by atoms with E-state index < -0.39 is 27.7 Å². The van der Waals surface area contributed by atoms with Crippen LogP contribution in [-0.2, 0) is 16.0 Å². The van der Waals surface area contributed by atoms with Crippen molar-refractivity contribution in [1.82, 2.24) is 5.32 Å². The second-order valence-electron chi connectivity index (χ2n) is 5.50. The first-order valence-corrected chi connectivity index (χ1v) is 8.78. The fraction of sp³-hybridized carbons (Fsp3) is 0.571. The van der Waals surface area contributed by atoms with E-state index in [1.807, 2.05) is 0 Å². The molecule has 1 aromatic rings. The van der Waals surface area contributed by atoms with E-state index in [-0.39, 0.29) is 29.7 Å². The Balaban J connectivity index is 1.96. The van der Waals surface area contributed by atoms with Crippen LogP contribution in [0.5, 0.6) is 0 Å². The molecule has 2 N–H and O–H groups in total. The van der Waals surface area contributed by atoms with Crippen LogP contribution in [0.1, 0.15) is 30.1 Å². The predicted molar refractivity (Wildman–Crippen MR) is 76.1 cm³/mol. The molecule has 0 bridgehead atoms. The van der Waals surface area contributed by atoms with Crippen LogP contribution < -0.4 is 5.32 Å². The van der Waals surface area contributed by atoms with Gasteiger partial charge in [-0.3, -0.25) is 0 Å². The van der Waals surface area contributed by atoms with Crippen LogP contribution in [0.2, 0.25) is 0 Å². The fourth-order valence-electron chi connectivity index (χ4n) is 2.50. The number of rotatable bonds is 4. The molecule has 22 heavy (non-hydrogen) atoms. The third kappa shape index (κ3) is 4.69. The number of benzene rings is 1. The molecular weight excluding hydrogens is 319 g/mol. The Hall–Kier alpha value is -1.12. The summed E-state index contributed by atoms with van der Waals surface area (Å²) in [5.41, 5.74) is -0.662. The molecule has 0 aliphatic carbocycles. The van der Waals surface area contributed by atoms with Crippen molar-refractivity contribution >= 4 is 9.84 Å². The molecule has 2 atom stereocenters. The molecule has 124 valence electrons. The lowest BCUT2D eigenvalue weighted by Gasteiger charge is -2.24. The summed E-state index contributed by atoms with van der Waals surface area (Å²) in [6.45, 7) is 0.0154. The molecule has 0 radical (unpaired) electrons. The standard InChI is InChI=1S/C14H18F3NO3S/c15-14(16,17)11-4-1-3-10(7-11)13(19)8-18-12-5-2-6-22(20,21)9-12/h1,3-4,7,12-13,18-19H,2,5-6,8-9H2. The lowest BCUT2D eigenvalue weighted by atomic mass is 10.1. The number of hydrogen-bond acceptors (Lipinski definition) is 4. The van der Waals surface area contributed by atoms with Crippen LogP contribution in [0.25, 0.3) is 0 Å². The highest BCUT2D eigenvalue weighted by Crippen LogP contribution is 2.30. The third-order valence-corrected chi connectivity index (χ3v) is 5.48. The van der Waals surface area contributed by atoms with Gasteiger partial charge < -0.3 is 10.4 Å². The summed E-state index contributed by atoms with van der Waals surface area (Å²) in [5, 5.41) is 12.9. The van der Waals surface area contributed by atoms with Gasteiger partial charge in [0, 0.05) is 12.6 Å². The summed E-state index contributed by atoms with van der Waals surface area (Å²) in [5.74, 6) is 0.170. The van der Waals surface area contributed by atoms with Gasteiger partial charge in [-0.15, -0.1) is 0 Å². The van der Waals surface area contributed by atoms with Gasteiger partial charge >= 0.3 is 6.18 Å². The smallest absolute Gasteiger partial charge is 0.387 e. The number of sulfone groups is 1. The van der Waals surface area contributed by atoms with Crippen LogP contribution in [0.15, 0.2) is 24.3 Å². The van der Waals surface area contributed by atoms with Gasteiger partial charge in [0.25, 0.3) is 0 Å². The predicted octanol–water partition coefficient (Wildman–Crippen LogP) is 1.91. The second kappa shape index (κ2) is 6.55. The van der Waals surface area contributed by atoms with Crippen LogP contribution in [-0.4, -0.2) is 37.6 Å². The maximum absolute atomic E-state index is 12.6. The van der Waals surface area contributed by atoms with Crippen molar-refractivity contribution in [3.8, 4) is 0 Å². The van der Waals surface area contributed by atoms with E-state index >= 15 is 0 Å². The Morgan fingerprint density at radius 2 is 2.09 bits per heavy atom. The summed E-state index contributed by atoms with van der Waals surface area (Å²) in [6, 6.07) is 4.24. The van der Waals surface area contributed by atoms with Crippen LogP contribution in [0.3, 0.4) is 0 Å². The Labute approximate surface area is 127 Å². The molecule has 1 aromatic carbocycles. The lowest BCUT2D eigenvalue weighted by molar-refractivity contribution is -0.137. The summed E-state index contributed by atoms with van der Waals surface area (Å²) in [4.78, 5) is 0. The van der Waals surface area contributed by atoms with E-state index in [2.05, 4.69) is 5.32 Å². The zero-order valence-electron chi connectivity index (χ0n) is 11.8. The van der Waals surface area contributed by atoms with E-state index in [0.717, 1.165) is 12.1 Å². The van der Waals surface area contributed by atoms with E-state index in [9.17, 15) is 26.7 Å². The normalized spacial score (nSPS) is 23.2. The SMILES string of the molecule is O=S1(=O)CCCC(NCC(O)c2cccc(C(F)(F)F)c2)C1. The van der Waals surface area contributed by atoms with E-state index in [1.165, 1.54) is 12.1 Å². The first-order chi connectivity index (χ1) is 10.2. The minimum Gasteiger partial charge on any atom is -0.387 e. The summed E-state index contributed by atoms with van der Waals surface area (Å²) in [6.07, 6.45) is -4.35. The maximum atomic E-state index is 12.6. The molecule has 8 heteroatoms. The number of aliphatic hydroxyl groups excluding tert-OH is 1. The highest BCUT2D eigenvalue weighted by atomic mass is 32.2. The molecule has 1 aliphatic heterocycles. The Morgan fingerprint density at radius 1 is 1.36 bits per heavy atom. The number of halogens is 3. The zero-order valence-corrected chi connectivity index (χ0v) is 12.6. The number of hydrogen-bond donors (Lipinski definition) is 2. The number of alkyl halides is 3. The topological polar surface area (TPSA) is 66.4 Å². The monoisotopic (exact) mass is 337 g/mol. The van der Waals surface area contributed by atoms with E-state index in [1.54, 1.807) is 0 Å². The van der Waals surface area contributed by atoms with Crippen molar-refractivity contribution in [3.63, 3.8) is 0 Å². The zero-order chi connectivity index (χ0) is 16.4. The molecule has 0 amide bonds. The summed E-state index contributed by atoms with van der Waals surface area (Å²) < 4.78 is 60.9.